The molecule has 32 heavy (non-hydrogen) atoms. The fraction of sp³-hybridized carbons (Fsp3) is 0.235. The minimum absolute atomic E-state index is 0.107. The smallest absolute Gasteiger partial charge is 0.278 e. The fourth-order valence-corrected chi connectivity index (χ4v) is 2.84. The van der Waals surface area contributed by atoms with Crippen molar-refractivity contribution in [3.05, 3.63) is 39.2 Å². The molecule has 0 bridgehead atoms. The standard InChI is InChI=1S/C17H17N13O2/c1-17(2,3)12-26-15(28-13-22-8-6(10(31)24-13)18-4-20-8)30-16(27-12)29-14-23-9-7(11(32)25-14)19-5-21-9/h4-5H,1-3H3,(H6,18,19,20,21,22,23,24,25,26,27,28,29,30,31,32). The van der Waals surface area contributed by atoms with Crippen LogP contribution in [0, 0.1) is 0 Å². The van der Waals surface area contributed by atoms with Gasteiger partial charge in [-0.1, -0.05) is 20.8 Å². The molecule has 5 aromatic rings. The summed E-state index contributed by atoms with van der Waals surface area (Å²) < 4.78 is 0. The lowest BCUT2D eigenvalue weighted by Gasteiger charge is -2.18. The van der Waals surface area contributed by atoms with Crippen molar-refractivity contribution < 1.29 is 0 Å². The highest BCUT2D eigenvalue weighted by atomic mass is 16.1. The van der Waals surface area contributed by atoms with Crippen molar-refractivity contribution in [2.45, 2.75) is 26.2 Å². The van der Waals surface area contributed by atoms with E-state index in [1.165, 1.54) is 12.7 Å². The summed E-state index contributed by atoms with van der Waals surface area (Å²) in [5.74, 6) is 0.901. The van der Waals surface area contributed by atoms with Gasteiger partial charge < -0.3 is 9.97 Å². The van der Waals surface area contributed by atoms with Crippen LogP contribution in [0.1, 0.15) is 26.6 Å². The van der Waals surface area contributed by atoms with Crippen molar-refractivity contribution in [2.24, 2.45) is 0 Å². The molecule has 0 unspecified atom stereocenters. The summed E-state index contributed by atoms with van der Waals surface area (Å²) in [7, 11) is 0. The second-order valence-corrected chi connectivity index (χ2v) is 7.84. The van der Waals surface area contributed by atoms with Gasteiger partial charge in [0, 0.05) is 5.41 Å². The van der Waals surface area contributed by atoms with E-state index in [1.54, 1.807) is 0 Å². The van der Waals surface area contributed by atoms with Gasteiger partial charge in [-0.2, -0.15) is 24.9 Å². The van der Waals surface area contributed by atoms with Gasteiger partial charge in [-0.05, 0) is 0 Å². The number of rotatable bonds is 4. The number of nitrogens with one attached hydrogen (secondary N) is 6. The molecule has 5 aromatic heterocycles. The number of aromatic nitrogens is 11. The van der Waals surface area contributed by atoms with Crippen LogP contribution in [0.2, 0.25) is 0 Å². The number of hydrogen-bond donors (Lipinski definition) is 6. The van der Waals surface area contributed by atoms with Crippen LogP contribution in [0.15, 0.2) is 22.2 Å². The predicted molar refractivity (Wildman–Crippen MR) is 114 cm³/mol. The molecule has 0 aromatic carbocycles. The molecule has 0 fully saturated rings. The van der Waals surface area contributed by atoms with E-state index in [0.29, 0.717) is 5.82 Å². The van der Waals surface area contributed by atoms with Crippen molar-refractivity contribution in [1.29, 1.82) is 0 Å². The first-order valence-corrected chi connectivity index (χ1v) is 9.44. The summed E-state index contributed by atoms with van der Waals surface area (Å²) in [6, 6.07) is 0. The molecule has 0 aliphatic carbocycles. The molecule has 5 heterocycles. The largest absolute Gasteiger partial charge is 0.339 e. The van der Waals surface area contributed by atoms with E-state index < -0.39 is 16.5 Å². The van der Waals surface area contributed by atoms with Gasteiger partial charge in [0.05, 0.1) is 12.7 Å². The minimum Gasteiger partial charge on any atom is -0.339 e. The number of imidazole rings is 2. The summed E-state index contributed by atoms with van der Waals surface area (Å²) in [5, 5.41) is 5.74. The number of nitrogens with zero attached hydrogens (tertiary/aromatic N) is 7. The van der Waals surface area contributed by atoms with Crippen LogP contribution in [-0.4, -0.2) is 54.8 Å². The molecule has 0 spiro atoms. The van der Waals surface area contributed by atoms with Crippen LogP contribution in [0.4, 0.5) is 23.8 Å². The molecule has 15 heteroatoms. The fourth-order valence-electron chi connectivity index (χ4n) is 2.84. The zero-order valence-electron chi connectivity index (χ0n) is 17.1. The Balaban J connectivity index is 1.54. The van der Waals surface area contributed by atoms with E-state index in [9.17, 15) is 9.59 Å². The summed E-state index contributed by atoms with van der Waals surface area (Å²) >= 11 is 0. The Labute approximate surface area is 177 Å². The van der Waals surface area contributed by atoms with Crippen molar-refractivity contribution in [3.8, 4) is 0 Å². The highest BCUT2D eigenvalue weighted by Crippen LogP contribution is 2.22. The summed E-state index contributed by atoms with van der Waals surface area (Å²) in [4.78, 5) is 64.6. The molecule has 0 amide bonds. The van der Waals surface area contributed by atoms with Gasteiger partial charge in [-0.15, -0.1) is 0 Å². The molecule has 0 saturated heterocycles. The van der Waals surface area contributed by atoms with E-state index in [4.69, 9.17) is 0 Å². The lowest BCUT2D eigenvalue weighted by atomic mass is 9.96. The van der Waals surface area contributed by atoms with Crippen molar-refractivity contribution in [1.82, 2.24) is 54.8 Å². The van der Waals surface area contributed by atoms with Crippen LogP contribution < -0.4 is 21.8 Å². The first kappa shape index (κ1) is 19.3. The molecule has 0 aliphatic rings. The lowest BCUT2D eigenvalue weighted by molar-refractivity contribution is 0.544. The molecular weight excluding hydrogens is 418 g/mol. The van der Waals surface area contributed by atoms with Crippen LogP contribution in [0.25, 0.3) is 22.3 Å². The highest BCUT2D eigenvalue weighted by Gasteiger charge is 2.21. The highest BCUT2D eigenvalue weighted by molar-refractivity contribution is 5.71. The Morgan fingerprint density at radius 1 is 0.719 bits per heavy atom. The van der Waals surface area contributed by atoms with Crippen molar-refractivity contribution >= 4 is 46.1 Å². The van der Waals surface area contributed by atoms with E-state index in [0.717, 1.165) is 0 Å². The molecule has 162 valence electrons. The average molecular weight is 435 g/mol. The van der Waals surface area contributed by atoms with Crippen LogP contribution in [0.5, 0.6) is 0 Å². The Hall–Kier alpha value is -4.69. The Morgan fingerprint density at radius 3 is 1.62 bits per heavy atom. The predicted octanol–water partition coefficient (Wildman–Crippen LogP) is 0.575. The molecular formula is C17H17N13O2. The second kappa shape index (κ2) is 6.93. The summed E-state index contributed by atoms with van der Waals surface area (Å²) in [5.41, 5.74) is -0.224. The van der Waals surface area contributed by atoms with E-state index in [2.05, 4.69) is 65.5 Å². The van der Waals surface area contributed by atoms with E-state index in [1.807, 2.05) is 20.8 Å². The molecule has 6 N–H and O–H groups in total. The van der Waals surface area contributed by atoms with Crippen molar-refractivity contribution in [2.75, 3.05) is 10.6 Å². The van der Waals surface area contributed by atoms with Gasteiger partial charge in [0.1, 0.15) is 5.82 Å². The Kier molecular flexibility index (Phi) is 4.18. The van der Waals surface area contributed by atoms with Gasteiger partial charge in [0.15, 0.2) is 22.3 Å². The topological polar surface area (TPSA) is 212 Å². The van der Waals surface area contributed by atoms with Gasteiger partial charge >= 0.3 is 0 Å². The van der Waals surface area contributed by atoms with E-state index in [-0.39, 0.29) is 46.1 Å². The van der Waals surface area contributed by atoms with Crippen LogP contribution >= 0.6 is 0 Å². The third-order valence-electron chi connectivity index (χ3n) is 4.36. The molecule has 0 aliphatic heterocycles. The normalized spacial score (nSPS) is 11.8. The maximum absolute atomic E-state index is 12.2. The third kappa shape index (κ3) is 3.51. The number of H-pyrrole nitrogens is 4. The number of anilines is 4. The van der Waals surface area contributed by atoms with Gasteiger partial charge in [-0.3, -0.25) is 30.2 Å². The number of aromatic amines is 4. The first-order chi connectivity index (χ1) is 15.3. The third-order valence-corrected chi connectivity index (χ3v) is 4.36. The zero-order valence-corrected chi connectivity index (χ0v) is 17.1. The first-order valence-electron chi connectivity index (χ1n) is 9.44. The Bertz CT molecular complexity index is 1460. The maximum Gasteiger partial charge on any atom is 0.278 e. The van der Waals surface area contributed by atoms with Gasteiger partial charge in [0.25, 0.3) is 11.1 Å². The quantitative estimate of drug-likeness (QED) is 0.230. The van der Waals surface area contributed by atoms with Crippen molar-refractivity contribution in [3.63, 3.8) is 0 Å². The lowest BCUT2D eigenvalue weighted by Crippen LogP contribution is -2.20. The number of hydrogen-bond acceptors (Lipinski definition) is 11. The second-order valence-electron chi connectivity index (χ2n) is 7.84. The summed E-state index contributed by atoms with van der Waals surface area (Å²) in [6.07, 6.45) is 2.76. The minimum atomic E-state index is -0.435. The molecule has 0 atom stereocenters. The molecule has 15 nitrogen and oxygen atoms in total. The Morgan fingerprint density at radius 2 is 1.19 bits per heavy atom. The monoisotopic (exact) mass is 435 g/mol. The SMILES string of the molecule is CC(C)(C)c1nc(Nc2nc3nc[nH]c3c(=O)[nH]2)nc(Nc2nc3nc[nH]c3c(=O)[nH]2)n1. The maximum atomic E-state index is 12.2. The molecule has 5 rings (SSSR count). The number of fused-ring (bicyclic) bond motifs is 2. The zero-order chi connectivity index (χ0) is 22.5. The van der Waals surface area contributed by atoms with Gasteiger partial charge in [-0.25, -0.2) is 9.97 Å². The van der Waals surface area contributed by atoms with Crippen LogP contribution in [-0.2, 0) is 5.41 Å². The van der Waals surface area contributed by atoms with E-state index >= 15 is 0 Å². The summed E-state index contributed by atoms with van der Waals surface area (Å²) in [6.45, 7) is 5.80. The van der Waals surface area contributed by atoms with Crippen LogP contribution in [0.3, 0.4) is 0 Å². The molecule has 0 radical (unpaired) electrons. The molecule has 0 saturated carbocycles. The average Bonchev–Trinajstić information content (AvgIpc) is 3.37. The van der Waals surface area contributed by atoms with Gasteiger partial charge in [0.2, 0.25) is 23.8 Å².